The summed E-state index contributed by atoms with van der Waals surface area (Å²) in [5, 5.41) is 12.2. The summed E-state index contributed by atoms with van der Waals surface area (Å²) in [4.78, 5) is 28.7. The number of carbonyl (C=O) groups excluding carboxylic acids is 1. The van der Waals surface area contributed by atoms with E-state index in [9.17, 15) is 9.59 Å². The first-order chi connectivity index (χ1) is 8.58. The van der Waals surface area contributed by atoms with E-state index in [2.05, 4.69) is 10.3 Å². The highest BCUT2D eigenvalue weighted by molar-refractivity contribution is 7.17. The Morgan fingerprint density at radius 3 is 2.72 bits per heavy atom. The molecule has 0 aromatic carbocycles. The molecule has 1 aliphatic rings. The van der Waals surface area contributed by atoms with E-state index in [4.69, 9.17) is 5.11 Å². The predicted octanol–water partition coefficient (Wildman–Crippen LogP) is 1.26. The summed E-state index contributed by atoms with van der Waals surface area (Å²) in [5.41, 5.74) is 0. The number of amides is 1. The summed E-state index contributed by atoms with van der Waals surface area (Å²) >= 11 is 1.04. The number of aromatic carboxylic acids is 1. The summed E-state index contributed by atoms with van der Waals surface area (Å²) in [6.45, 7) is 3.38. The molecule has 1 aromatic rings. The molecular formula is C11H15N3O3S. The van der Waals surface area contributed by atoms with E-state index in [1.54, 1.807) is 6.92 Å². The largest absolute Gasteiger partial charge is 0.477 e. The molecule has 1 atom stereocenters. The van der Waals surface area contributed by atoms with Gasteiger partial charge in [-0.3, -0.25) is 4.79 Å². The molecule has 1 amide bonds. The Hall–Kier alpha value is -1.63. The standard InChI is InChI=1S/C11H15N3O3S/c1-7(9(15)14-4-2-3-5-14)13-11-12-6-8(18-11)10(16)17/h6-7H,2-5H2,1H3,(H,12,13)(H,16,17). The predicted molar refractivity (Wildman–Crippen MR) is 68.0 cm³/mol. The lowest BCUT2D eigenvalue weighted by Gasteiger charge is -2.20. The molecule has 0 radical (unpaired) electrons. The van der Waals surface area contributed by atoms with Crippen LogP contribution in [0.25, 0.3) is 0 Å². The van der Waals surface area contributed by atoms with Crippen LogP contribution in [0.3, 0.4) is 0 Å². The van der Waals surface area contributed by atoms with Crippen LogP contribution >= 0.6 is 11.3 Å². The lowest BCUT2D eigenvalue weighted by atomic mass is 10.3. The molecule has 0 saturated carbocycles. The molecule has 18 heavy (non-hydrogen) atoms. The van der Waals surface area contributed by atoms with Crippen LogP contribution in [0.15, 0.2) is 6.20 Å². The van der Waals surface area contributed by atoms with Gasteiger partial charge in [-0.25, -0.2) is 9.78 Å². The number of hydrogen-bond donors (Lipinski definition) is 2. The smallest absolute Gasteiger partial charge is 0.347 e. The third-order valence-electron chi connectivity index (χ3n) is 2.84. The molecule has 0 bridgehead atoms. The first kappa shape index (κ1) is 12.8. The van der Waals surface area contributed by atoms with Crippen LogP contribution in [0.2, 0.25) is 0 Å². The van der Waals surface area contributed by atoms with Crippen LogP contribution in [0, 0.1) is 0 Å². The lowest BCUT2D eigenvalue weighted by Crippen LogP contribution is -2.39. The first-order valence-corrected chi connectivity index (χ1v) is 6.64. The zero-order valence-electron chi connectivity index (χ0n) is 10.0. The van der Waals surface area contributed by atoms with Crippen molar-refractivity contribution < 1.29 is 14.7 Å². The van der Waals surface area contributed by atoms with Crippen molar-refractivity contribution in [2.24, 2.45) is 0 Å². The fraction of sp³-hybridized carbons (Fsp3) is 0.545. The van der Waals surface area contributed by atoms with Gasteiger partial charge >= 0.3 is 5.97 Å². The lowest BCUT2D eigenvalue weighted by molar-refractivity contribution is -0.130. The maximum absolute atomic E-state index is 12.0. The molecule has 1 aliphatic heterocycles. The van der Waals surface area contributed by atoms with Crippen molar-refractivity contribution in [3.63, 3.8) is 0 Å². The minimum absolute atomic E-state index is 0.0413. The topological polar surface area (TPSA) is 82.5 Å². The van der Waals surface area contributed by atoms with Crippen molar-refractivity contribution in [1.29, 1.82) is 0 Å². The SMILES string of the molecule is CC(Nc1ncc(C(=O)O)s1)C(=O)N1CCCC1. The van der Waals surface area contributed by atoms with E-state index in [1.807, 2.05) is 4.90 Å². The fourth-order valence-corrected chi connectivity index (χ4v) is 2.64. The molecule has 6 nitrogen and oxygen atoms in total. The van der Waals surface area contributed by atoms with Gasteiger partial charge in [-0.2, -0.15) is 0 Å². The maximum atomic E-state index is 12.0. The van der Waals surface area contributed by atoms with Gasteiger partial charge in [0.2, 0.25) is 5.91 Å². The molecule has 0 aliphatic carbocycles. The van der Waals surface area contributed by atoms with Crippen molar-refractivity contribution >= 4 is 28.3 Å². The van der Waals surface area contributed by atoms with Crippen LogP contribution in [-0.2, 0) is 4.79 Å². The summed E-state index contributed by atoms with van der Waals surface area (Å²) in [6.07, 6.45) is 3.40. The van der Waals surface area contributed by atoms with E-state index < -0.39 is 5.97 Å². The zero-order chi connectivity index (χ0) is 13.1. The summed E-state index contributed by atoms with van der Waals surface area (Å²) in [6, 6.07) is -0.379. The number of carboxylic acids is 1. The van der Waals surface area contributed by atoms with Crippen molar-refractivity contribution in [3.8, 4) is 0 Å². The monoisotopic (exact) mass is 269 g/mol. The Bertz CT molecular complexity index is 454. The van der Waals surface area contributed by atoms with Gasteiger partial charge in [0.1, 0.15) is 10.9 Å². The summed E-state index contributed by atoms with van der Waals surface area (Å²) in [7, 11) is 0. The average molecular weight is 269 g/mol. The molecule has 1 fully saturated rings. The van der Waals surface area contributed by atoms with Gasteiger partial charge < -0.3 is 15.3 Å². The Morgan fingerprint density at radius 2 is 2.17 bits per heavy atom. The fourth-order valence-electron chi connectivity index (χ4n) is 1.90. The molecule has 2 heterocycles. The van der Waals surface area contributed by atoms with Crippen molar-refractivity contribution in [2.45, 2.75) is 25.8 Å². The molecule has 0 spiro atoms. The van der Waals surface area contributed by atoms with Gasteiger partial charge in [-0.1, -0.05) is 11.3 Å². The van der Waals surface area contributed by atoms with Crippen LogP contribution < -0.4 is 5.32 Å². The highest BCUT2D eigenvalue weighted by atomic mass is 32.1. The Kier molecular flexibility index (Phi) is 3.81. The highest BCUT2D eigenvalue weighted by Crippen LogP contribution is 2.19. The Balaban J connectivity index is 1.95. The minimum Gasteiger partial charge on any atom is -0.477 e. The maximum Gasteiger partial charge on any atom is 0.347 e. The third-order valence-corrected chi connectivity index (χ3v) is 3.76. The molecule has 98 valence electrons. The number of hydrogen-bond acceptors (Lipinski definition) is 5. The molecule has 1 saturated heterocycles. The highest BCUT2D eigenvalue weighted by Gasteiger charge is 2.23. The van der Waals surface area contributed by atoms with Gasteiger partial charge in [0.25, 0.3) is 0 Å². The average Bonchev–Trinajstić information content (AvgIpc) is 2.98. The second-order valence-corrected chi connectivity index (χ2v) is 5.26. The normalized spacial score (nSPS) is 16.6. The van der Waals surface area contributed by atoms with Crippen LogP contribution in [-0.4, -0.2) is 46.0 Å². The van der Waals surface area contributed by atoms with E-state index >= 15 is 0 Å². The van der Waals surface area contributed by atoms with E-state index in [-0.39, 0.29) is 16.8 Å². The Morgan fingerprint density at radius 1 is 1.50 bits per heavy atom. The quantitative estimate of drug-likeness (QED) is 0.860. The number of nitrogens with one attached hydrogen (secondary N) is 1. The number of nitrogens with zero attached hydrogens (tertiary/aromatic N) is 2. The Labute approximate surface area is 109 Å². The van der Waals surface area contributed by atoms with Crippen molar-refractivity contribution in [2.75, 3.05) is 18.4 Å². The molecule has 1 aromatic heterocycles. The van der Waals surface area contributed by atoms with Crippen molar-refractivity contribution in [3.05, 3.63) is 11.1 Å². The molecule has 1 unspecified atom stereocenters. The van der Waals surface area contributed by atoms with Crippen LogP contribution in [0.1, 0.15) is 29.4 Å². The van der Waals surface area contributed by atoms with E-state index in [1.165, 1.54) is 6.20 Å². The van der Waals surface area contributed by atoms with Gasteiger partial charge in [-0.15, -0.1) is 0 Å². The number of carbonyl (C=O) groups is 2. The number of thiazole rings is 1. The van der Waals surface area contributed by atoms with Gasteiger partial charge in [0.15, 0.2) is 5.13 Å². The number of carboxylic acid groups (broad SMARTS) is 1. The van der Waals surface area contributed by atoms with Gasteiger partial charge in [0, 0.05) is 13.1 Å². The van der Waals surface area contributed by atoms with Gasteiger partial charge in [-0.05, 0) is 19.8 Å². The molecular weight excluding hydrogens is 254 g/mol. The number of rotatable bonds is 4. The molecule has 7 heteroatoms. The first-order valence-electron chi connectivity index (χ1n) is 5.82. The minimum atomic E-state index is -1.00. The molecule has 2 rings (SSSR count). The second-order valence-electron chi connectivity index (χ2n) is 4.23. The van der Waals surface area contributed by atoms with Gasteiger partial charge in [0.05, 0.1) is 6.20 Å². The molecule has 2 N–H and O–H groups in total. The summed E-state index contributed by atoms with van der Waals surface area (Å²) in [5.74, 6) is -0.960. The summed E-state index contributed by atoms with van der Waals surface area (Å²) < 4.78 is 0. The van der Waals surface area contributed by atoms with E-state index in [0.717, 1.165) is 37.3 Å². The third kappa shape index (κ3) is 2.79. The van der Waals surface area contributed by atoms with Crippen LogP contribution in [0.5, 0.6) is 0 Å². The zero-order valence-corrected chi connectivity index (χ0v) is 10.9. The number of aromatic nitrogens is 1. The number of likely N-dealkylation sites (tertiary alicyclic amines) is 1. The van der Waals surface area contributed by atoms with E-state index in [0.29, 0.717) is 5.13 Å². The van der Waals surface area contributed by atoms with Crippen molar-refractivity contribution in [1.82, 2.24) is 9.88 Å². The number of anilines is 1. The van der Waals surface area contributed by atoms with Crippen LogP contribution in [0.4, 0.5) is 5.13 Å². The second kappa shape index (κ2) is 5.34.